The highest BCUT2D eigenvalue weighted by Crippen LogP contribution is 2.30. The van der Waals surface area contributed by atoms with Crippen molar-refractivity contribution in [2.24, 2.45) is 5.41 Å². The van der Waals surface area contributed by atoms with E-state index in [0.29, 0.717) is 12.1 Å². The monoisotopic (exact) mass is 348 g/mol. The molecule has 1 aromatic carbocycles. The summed E-state index contributed by atoms with van der Waals surface area (Å²) in [6.45, 7) is 5.24. The van der Waals surface area contributed by atoms with E-state index in [9.17, 15) is 9.59 Å². The van der Waals surface area contributed by atoms with Gasteiger partial charge >= 0.3 is 0 Å². The van der Waals surface area contributed by atoms with Crippen molar-refractivity contribution in [2.45, 2.75) is 39.2 Å². The molecule has 0 aromatic heterocycles. The maximum atomic E-state index is 12.7. The largest absolute Gasteiger partial charge is 0.353 e. The lowest BCUT2D eigenvalue weighted by Gasteiger charge is -2.40. The molecule has 2 amide bonds. The maximum absolute atomic E-state index is 12.7. The first-order valence-corrected chi connectivity index (χ1v) is 10.00. The second-order valence-corrected chi connectivity index (χ2v) is 7.90. The SMILES string of the molecule is CSCC[C@H](C)NC(=O)[C@]1(C)CCCN(C(=O)c2ccccc2)C1. The number of amides is 2. The van der Waals surface area contributed by atoms with Crippen LogP contribution in [0.25, 0.3) is 0 Å². The number of hydrogen-bond acceptors (Lipinski definition) is 3. The number of benzene rings is 1. The lowest BCUT2D eigenvalue weighted by Crippen LogP contribution is -2.53. The van der Waals surface area contributed by atoms with Crippen molar-refractivity contribution in [1.29, 1.82) is 0 Å². The minimum Gasteiger partial charge on any atom is -0.353 e. The average molecular weight is 349 g/mol. The van der Waals surface area contributed by atoms with Crippen LogP contribution in [0.2, 0.25) is 0 Å². The van der Waals surface area contributed by atoms with Gasteiger partial charge in [0.15, 0.2) is 0 Å². The summed E-state index contributed by atoms with van der Waals surface area (Å²) in [5.41, 5.74) is 0.187. The fourth-order valence-corrected chi connectivity index (χ4v) is 3.72. The van der Waals surface area contributed by atoms with E-state index in [1.165, 1.54) is 0 Å². The van der Waals surface area contributed by atoms with Gasteiger partial charge in [-0.25, -0.2) is 0 Å². The molecule has 1 saturated heterocycles. The van der Waals surface area contributed by atoms with Gasteiger partial charge in [-0.15, -0.1) is 0 Å². The lowest BCUT2D eigenvalue weighted by molar-refractivity contribution is -0.133. The topological polar surface area (TPSA) is 49.4 Å². The van der Waals surface area contributed by atoms with Gasteiger partial charge in [0.1, 0.15) is 0 Å². The molecule has 1 N–H and O–H groups in total. The molecular formula is C19H28N2O2S. The normalized spacial score (nSPS) is 22.0. The Kier molecular flexibility index (Phi) is 6.72. The molecule has 1 fully saturated rings. The van der Waals surface area contributed by atoms with E-state index in [1.54, 1.807) is 11.8 Å². The van der Waals surface area contributed by atoms with Crippen LogP contribution in [0.4, 0.5) is 0 Å². The van der Waals surface area contributed by atoms with Crippen LogP contribution < -0.4 is 5.32 Å². The van der Waals surface area contributed by atoms with E-state index < -0.39 is 5.41 Å². The van der Waals surface area contributed by atoms with Crippen LogP contribution in [-0.2, 0) is 4.79 Å². The Morgan fingerprint density at radius 1 is 1.33 bits per heavy atom. The molecule has 1 aliphatic heterocycles. The molecule has 24 heavy (non-hydrogen) atoms. The zero-order valence-electron chi connectivity index (χ0n) is 14.9. The third-order valence-corrected chi connectivity index (χ3v) is 5.33. The highest BCUT2D eigenvalue weighted by molar-refractivity contribution is 7.98. The minimum absolute atomic E-state index is 0.0183. The molecule has 132 valence electrons. The second-order valence-electron chi connectivity index (χ2n) is 6.91. The first-order chi connectivity index (χ1) is 11.5. The third-order valence-electron chi connectivity index (χ3n) is 4.69. The van der Waals surface area contributed by atoms with Crippen molar-refractivity contribution in [3.8, 4) is 0 Å². The van der Waals surface area contributed by atoms with Gasteiger partial charge in [-0.1, -0.05) is 18.2 Å². The van der Waals surface area contributed by atoms with E-state index in [2.05, 4.69) is 11.6 Å². The van der Waals surface area contributed by atoms with E-state index in [0.717, 1.165) is 31.6 Å². The molecule has 2 rings (SSSR count). The van der Waals surface area contributed by atoms with Crippen LogP contribution in [0.3, 0.4) is 0 Å². The van der Waals surface area contributed by atoms with Crippen molar-refractivity contribution < 1.29 is 9.59 Å². The standard InChI is InChI=1S/C19H28N2O2S/c1-15(10-13-24-3)20-18(23)19(2)11-7-12-21(14-19)17(22)16-8-5-4-6-9-16/h4-6,8-9,15H,7,10-14H2,1-3H3,(H,20,23)/t15-,19+/m0/s1. The van der Waals surface area contributed by atoms with E-state index >= 15 is 0 Å². The van der Waals surface area contributed by atoms with Gasteiger partial charge in [0.05, 0.1) is 5.41 Å². The molecule has 1 aromatic rings. The van der Waals surface area contributed by atoms with Crippen molar-refractivity contribution in [1.82, 2.24) is 10.2 Å². The number of nitrogens with zero attached hydrogens (tertiary/aromatic N) is 1. The lowest BCUT2D eigenvalue weighted by atomic mass is 9.80. The summed E-state index contributed by atoms with van der Waals surface area (Å²) in [7, 11) is 0. The molecular weight excluding hydrogens is 320 g/mol. The Balaban J connectivity index is 2.00. The molecule has 0 aliphatic carbocycles. The Labute approximate surface area is 149 Å². The number of carbonyl (C=O) groups excluding carboxylic acids is 2. The molecule has 1 heterocycles. The number of hydrogen-bond donors (Lipinski definition) is 1. The predicted octanol–water partition coefficient (Wildman–Crippen LogP) is 3.19. The van der Waals surface area contributed by atoms with Crippen molar-refractivity contribution in [2.75, 3.05) is 25.1 Å². The van der Waals surface area contributed by atoms with Crippen molar-refractivity contribution >= 4 is 23.6 Å². The number of piperidine rings is 1. The van der Waals surface area contributed by atoms with Gasteiger partial charge in [-0.2, -0.15) is 11.8 Å². The summed E-state index contributed by atoms with van der Waals surface area (Å²) in [6.07, 6.45) is 4.73. The first kappa shape index (κ1) is 18.8. The summed E-state index contributed by atoms with van der Waals surface area (Å²) < 4.78 is 0. The highest BCUT2D eigenvalue weighted by Gasteiger charge is 2.39. The van der Waals surface area contributed by atoms with Crippen LogP contribution in [0.1, 0.15) is 43.5 Å². The Bertz CT molecular complexity index is 564. The molecule has 0 spiro atoms. The van der Waals surface area contributed by atoms with Gasteiger partial charge in [-0.3, -0.25) is 9.59 Å². The molecule has 0 saturated carbocycles. The minimum atomic E-state index is -0.504. The number of nitrogens with one attached hydrogen (secondary N) is 1. The van der Waals surface area contributed by atoms with Crippen molar-refractivity contribution in [3.05, 3.63) is 35.9 Å². The fourth-order valence-electron chi connectivity index (χ4n) is 3.13. The van der Waals surface area contributed by atoms with Crippen molar-refractivity contribution in [3.63, 3.8) is 0 Å². The van der Waals surface area contributed by atoms with E-state index in [4.69, 9.17) is 0 Å². The molecule has 2 atom stereocenters. The Hall–Kier alpha value is -1.49. The van der Waals surface area contributed by atoms with Gasteiger partial charge in [0.25, 0.3) is 5.91 Å². The number of likely N-dealkylation sites (tertiary alicyclic amines) is 1. The number of rotatable bonds is 6. The van der Waals surface area contributed by atoms with Crippen LogP contribution >= 0.6 is 11.8 Å². The van der Waals surface area contributed by atoms with Gasteiger partial charge in [-0.05, 0) is 57.3 Å². The van der Waals surface area contributed by atoms with Gasteiger partial charge in [0, 0.05) is 24.7 Å². The molecule has 0 unspecified atom stereocenters. The third kappa shape index (κ3) is 4.76. The smallest absolute Gasteiger partial charge is 0.253 e. The Morgan fingerprint density at radius 2 is 2.04 bits per heavy atom. The summed E-state index contributed by atoms with van der Waals surface area (Å²) in [4.78, 5) is 27.2. The Morgan fingerprint density at radius 3 is 2.71 bits per heavy atom. The molecule has 1 aliphatic rings. The maximum Gasteiger partial charge on any atom is 0.253 e. The van der Waals surface area contributed by atoms with Gasteiger partial charge < -0.3 is 10.2 Å². The molecule has 5 heteroatoms. The summed E-state index contributed by atoms with van der Waals surface area (Å²) in [5, 5.41) is 3.13. The number of thioether (sulfide) groups is 1. The summed E-state index contributed by atoms with van der Waals surface area (Å²) in [6, 6.07) is 9.48. The highest BCUT2D eigenvalue weighted by atomic mass is 32.2. The molecule has 0 bridgehead atoms. The van der Waals surface area contributed by atoms with Gasteiger partial charge in [0.2, 0.25) is 5.91 Å². The number of carbonyl (C=O) groups is 2. The van der Waals surface area contributed by atoms with E-state index in [-0.39, 0.29) is 17.9 Å². The second kappa shape index (κ2) is 8.56. The fraction of sp³-hybridized carbons (Fsp3) is 0.579. The van der Waals surface area contributed by atoms with Crippen LogP contribution in [-0.4, -0.2) is 47.9 Å². The zero-order valence-corrected chi connectivity index (χ0v) is 15.7. The first-order valence-electron chi connectivity index (χ1n) is 8.60. The molecule has 0 radical (unpaired) electrons. The zero-order chi connectivity index (χ0) is 17.6. The predicted molar refractivity (Wildman–Crippen MR) is 100 cm³/mol. The summed E-state index contributed by atoms with van der Waals surface area (Å²) in [5.74, 6) is 1.13. The van der Waals surface area contributed by atoms with Crippen LogP contribution in [0.5, 0.6) is 0 Å². The quantitative estimate of drug-likeness (QED) is 0.859. The van der Waals surface area contributed by atoms with E-state index in [1.807, 2.05) is 49.1 Å². The molecule has 4 nitrogen and oxygen atoms in total. The van der Waals surface area contributed by atoms with Crippen LogP contribution in [0, 0.1) is 5.41 Å². The average Bonchev–Trinajstić information content (AvgIpc) is 2.60. The summed E-state index contributed by atoms with van der Waals surface area (Å²) >= 11 is 1.79. The van der Waals surface area contributed by atoms with Crippen LogP contribution in [0.15, 0.2) is 30.3 Å².